The first-order valence-electron chi connectivity index (χ1n) is 7.69. The summed E-state index contributed by atoms with van der Waals surface area (Å²) in [5.74, 6) is -0.207. The van der Waals surface area contributed by atoms with Crippen LogP contribution in [0.5, 0.6) is 0 Å². The van der Waals surface area contributed by atoms with Gasteiger partial charge in [0.05, 0.1) is 11.4 Å². The topological polar surface area (TPSA) is 47.2 Å². The van der Waals surface area contributed by atoms with Crippen LogP contribution >= 0.6 is 0 Å². The molecular formula is C19H19N3O2. The number of amides is 1. The first kappa shape index (κ1) is 15.8. The molecule has 0 unspecified atom stereocenters. The van der Waals surface area contributed by atoms with Crippen molar-refractivity contribution >= 4 is 11.6 Å². The van der Waals surface area contributed by atoms with E-state index >= 15 is 0 Å². The number of hydrogen-bond acceptors (Lipinski definition) is 2. The minimum atomic E-state index is -0.215. The van der Waals surface area contributed by atoms with Gasteiger partial charge in [0.25, 0.3) is 11.5 Å². The van der Waals surface area contributed by atoms with E-state index in [2.05, 4.69) is 0 Å². The average Bonchev–Trinajstić information content (AvgIpc) is 2.84. The van der Waals surface area contributed by atoms with Crippen molar-refractivity contribution in [2.24, 2.45) is 7.05 Å². The van der Waals surface area contributed by atoms with E-state index in [0.717, 1.165) is 11.4 Å². The van der Waals surface area contributed by atoms with Crippen molar-refractivity contribution in [3.05, 3.63) is 82.3 Å². The molecule has 1 heterocycles. The van der Waals surface area contributed by atoms with Gasteiger partial charge in [-0.25, -0.2) is 4.68 Å². The highest BCUT2D eigenvalue weighted by Gasteiger charge is 2.23. The highest BCUT2D eigenvalue weighted by molar-refractivity contribution is 6.05. The van der Waals surface area contributed by atoms with Crippen molar-refractivity contribution in [3.63, 3.8) is 0 Å². The van der Waals surface area contributed by atoms with Crippen molar-refractivity contribution in [3.8, 4) is 5.69 Å². The number of carbonyl (C=O) groups excluding carboxylic acids is 1. The summed E-state index contributed by atoms with van der Waals surface area (Å²) in [7, 11) is 3.45. The Morgan fingerprint density at radius 3 is 2.08 bits per heavy atom. The molecule has 5 nitrogen and oxygen atoms in total. The smallest absolute Gasteiger partial charge is 0.295 e. The van der Waals surface area contributed by atoms with E-state index in [0.29, 0.717) is 11.3 Å². The van der Waals surface area contributed by atoms with Gasteiger partial charge in [0.2, 0.25) is 0 Å². The molecule has 0 aliphatic heterocycles. The molecule has 5 heteroatoms. The summed E-state index contributed by atoms with van der Waals surface area (Å²) in [5.41, 5.74) is 2.22. The number of aromatic nitrogens is 2. The lowest BCUT2D eigenvalue weighted by molar-refractivity contribution is 0.0992. The second kappa shape index (κ2) is 6.20. The molecule has 0 N–H and O–H groups in total. The second-order valence-electron chi connectivity index (χ2n) is 5.64. The van der Waals surface area contributed by atoms with Crippen LogP contribution < -0.4 is 10.5 Å². The molecule has 0 aliphatic rings. The van der Waals surface area contributed by atoms with Crippen LogP contribution in [0.1, 0.15) is 16.1 Å². The molecule has 1 amide bonds. The molecule has 0 radical (unpaired) electrons. The van der Waals surface area contributed by atoms with Gasteiger partial charge in [0.1, 0.15) is 5.69 Å². The molecule has 24 heavy (non-hydrogen) atoms. The Bertz CT molecular complexity index is 924. The van der Waals surface area contributed by atoms with Crippen LogP contribution in [0.15, 0.2) is 65.5 Å². The van der Waals surface area contributed by atoms with Crippen LogP contribution in [0.25, 0.3) is 5.69 Å². The van der Waals surface area contributed by atoms with E-state index in [-0.39, 0.29) is 11.5 Å². The first-order valence-corrected chi connectivity index (χ1v) is 7.69. The number of para-hydroxylation sites is 1. The number of benzene rings is 2. The van der Waals surface area contributed by atoms with Crippen molar-refractivity contribution in [2.45, 2.75) is 6.92 Å². The average molecular weight is 321 g/mol. The summed E-state index contributed by atoms with van der Waals surface area (Å²) in [6.45, 7) is 1.84. The monoisotopic (exact) mass is 321 g/mol. The van der Waals surface area contributed by atoms with Gasteiger partial charge in [0, 0.05) is 19.7 Å². The highest BCUT2D eigenvalue weighted by atomic mass is 16.2. The van der Waals surface area contributed by atoms with Crippen molar-refractivity contribution in [2.75, 3.05) is 11.9 Å². The quantitative estimate of drug-likeness (QED) is 0.745. The minimum Gasteiger partial charge on any atom is -0.305 e. The fourth-order valence-corrected chi connectivity index (χ4v) is 2.82. The maximum atomic E-state index is 12.9. The highest BCUT2D eigenvalue weighted by Crippen LogP contribution is 2.19. The predicted octanol–water partition coefficient (Wildman–Crippen LogP) is 2.76. The molecule has 3 rings (SSSR count). The molecule has 122 valence electrons. The van der Waals surface area contributed by atoms with E-state index in [1.54, 1.807) is 40.7 Å². The van der Waals surface area contributed by atoms with E-state index in [4.69, 9.17) is 0 Å². The largest absolute Gasteiger partial charge is 0.305 e. The molecular weight excluding hydrogens is 302 g/mol. The Balaban J connectivity index is 2.10. The van der Waals surface area contributed by atoms with Gasteiger partial charge in [-0.05, 0) is 31.2 Å². The summed E-state index contributed by atoms with van der Waals surface area (Å²) in [6.07, 6.45) is 0. The Hall–Kier alpha value is -3.08. The lowest BCUT2D eigenvalue weighted by Gasteiger charge is -2.15. The van der Waals surface area contributed by atoms with Crippen LogP contribution in [0.3, 0.4) is 0 Å². The maximum absolute atomic E-state index is 12.9. The summed E-state index contributed by atoms with van der Waals surface area (Å²) < 4.78 is 3.33. The summed E-state index contributed by atoms with van der Waals surface area (Å²) in [5, 5.41) is 0. The normalized spacial score (nSPS) is 10.6. The van der Waals surface area contributed by atoms with Crippen molar-refractivity contribution in [1.82, 2.24) is 9.36 Å². The van der Waals surface area contributed by atoms with Gasteiger partial charge in [-0.15, -0.1) is 0 Å². The van der Waals surface area contributed by atoms with Gasteiger partial charge in [-0.3, -0.25) is 14.3 Å². The number of anilines is 1. The maximum Gasteiger partial charge on any atom is 0.295 e. The third-order valence-electron chi connectivity index (χ3n) is 4.18. The van der Waals surface area contributed by atoms with Crippen LogP contribution in [0, 0.1) is 6.92 Å². The van der Waals surface area contributed by atoms with Crippen LogP contribution in [0.2, 0.25) is 0 Å². The minimum absolute atomic E-state index is 0.207. The van der Waals surface area contributed by atoms with Gasteiger partial charge >= 0.3 is 0 Å². The van der Waals surface area contributed by atoms with Crippen molar-refractivity contribution in [1.29, 1.82) is 0 Å². The van der Waals surface area contributed by atoms with Gasteiger partial charge in [0.15, 0.2) is 0 Å². The van der Waals surface area contributed by atoms with E-state index < -0.39 is 0 Å². The van der Waals surface area contributed by atoms with Crippen molar-refractivity contribution < 1.29 is 4.79 Å². The molecule has 1 aromatic heterocycles. The van der Waals surface area contributed by atoms with Gasteiger partial charge in [-0.1, -0.05) is 36.4 Å². The number of nitrogens with zero attached hydrogens (tertiary/aromatic N) is 3. The van der Waals surface area contributed by atoms with Gasteiger partial charge < -0.3 is 4.90 Å². The predicted molar refractivity (Wildman–Crippen MR) is 94.9 cm³/mol. The molecule has 2 aromatic carbocycles. The fourth-order valence-electron chi connectivity index (χ4n) is 2.82. The second-order valence-corrected chi connectivity index (χ2v) is 5.64. The summed E-state index contributed by atoms with van der Waals surface area (Å²) in [4.78, 5) is 27.0. The van der Waals surface area contributed by atoms with Crippen LogP contribution in [-0.2, 0) is 7.05 Å². The molecule has 0 fully saturated rings. The van der Waals surface area contributed by atoms with E-state index in [1.807, 2.05) is 50.4 Å². The molecule has 0 saturated heterocycles. The Morgan fingerprint density at radius 1 is 0.958 bits per heavy atom. The first-order chi connectivity index (χ1) is 11.5. The third-order valence-corrected chi connectivity index (χ3v) is 4.18. The van der Waals surface area contributed by atoms with Crippen LogP contribution in [0.4, 0.5) is 5.69 Å². The Morgan fingerprint density at radius 2 is 1.50 bits per heavy atom. The number of rotatable bonds is 3. The fraction of sp³-hybridized carbons (Fsp3) is 0.158. The Kier molecular flexibility index (Phi) is 4.08. The lowest BCUT2D eigenvalue weighted by atomic mass is 10.2. The molecule has 0 spiro atoms. The number of carbonyl (C=O) groups is 1. The molecule has 0 saturated carbocycles. The van der Waals surface area contributed by atoms with Crippen LogP contribution in [-0.4, -0.2) is 22.3 Å². The summed E-state index contributed by atoms with van der Waals surface area (Å²) >= 11 is 0. The number of hydrogen-bond donors (Lipinski definition) is 0. The van der Waals surface area contributed by atoms with Gasteiger partial charge in [-0.2, -0.15) is 0 Å². The standard InChI is InChI=1S/C19H19N3O2/c1-14-17(20(2)18(23)15-10-6-4-7-11-15)19(24)22(21(14)3)16-12-8-5-9-13-16/h4-13H,1-3H3. The van der Waals surface area contributed by atoms with E-state index in [9.17, 15) is 9.59 Å². The molecule has 0 atom stereocenters. The zero-order valence-electron chi connectivity index (χ0n) is 13.9. The third kappa shape index (κ3) is 2.54. The zero-order chi connectivity index (χ0) is 17.3. The summed E-state index contributed by atoms with van der Waals surface area (Å²) in [6, 6.07) is 18.3. The lowest BCUT2D eigenvalue weighted by Crippen LogP contribution is -2.31. The Labute approximate surface area is 140 Å². The molecule has 0 aliphatic carbocycles. The van der Waals surface area contributed by atoms with E-state index in [1.165, 1.54) is 4.90 Å². The zero-order valence-corrected chi connectivity index (χ0v) is 13.9. The molecule has 3 aromatic rings. The molecule has 0 bridgehead atoms. The SMILES string of the molecule is Cc1c(N(C)C(=O)c2ccccc2)c(=O)n(-c2ccccc2)n1C.